The molecule has 0 aromatic carbocycles. The van der Waals surface area contributed by atoms with E-state index in [9.17, 15) is 4.79 Å². The highest BCUT2D eigenvalue weighted by atomic mass is 16.6. The summed E-state index contributed by atoms with van der Waals surface area (Å²) < 4.78 is 5.46. The van der Waals surface area contributed by atoms with Gasteiger partial charge in [-0.05, 0) is 25.8 Å². The summed E-state index contributed by atoms with van der Waals surface area (Å²) in [5.41, 5.74) is -0.821. The van der Waals surface area contributed by atoms with E-state index in [0.29, 0.717) is 0 Å². The summed E-state index contributed by atoms with van der Waals surface area (Å²) in [6.45, 7) is 10.0. The topological polar surface area (TPSA) is 26.3 Å². The highest BCUT2D eigenvalue weighted by Crippen LogP contribution is 2.65. The molecule has 1 heterocycles. The van der Waals surface area contributed by atoms with Gasteiger partial charge in [-0.3, -0.25) is 4.79 Å². The monoisotopic (exact) mass is 180 g/mol. The number of ether oxygens (including phenoxy) is 1. The second-order valence-electron chi connectivity index (χ2n) is 4.94. The van der Waals surface area contributed by atoms with Crippen LogP contribution in [-0.2, 0) is 9.53 Å². The molecule has 1 saturated carbocycles. The first-order valence-electron chi connectivity index (χ1n) is 4.77. The first kappa shape index (κ1) is 8.79. The van der Waals surface area contributed by atoms with Crippen LogP contribution in [0.4, 0.5) is 0 Å². The van der Waals surface area contributed by atoms with E-state index >= 15 is 0 Å². The second kappa shape index (κ2) is 1.99. The van der Waals surface area contributed by atoms with Crippen molar-refractivity contribution in [3.63, 3.8) is 0 Å². The largest absolute Gasteiger partial charge is 0.454 e. The Labute approximate surface area is 79.0 Å². The first-order chi connectivity index (χ1) is 5.90. The number of rotatable bonds is 1. The van der Waals surface area contributed by atoms with Crippen LogP contribution >= 0.6 is 0 Å². The van der Waals surface area contributed by atoms with Gasteiger partial charge in [0, 0.05) is 5.41 Å². The van der Waals surface area contributed by atoms with Crippen molar-refractivity contribution < 1.29 is 9.53 Å². The maximum absolute atomic E-state index is 11.7. The minimum Gasteiger partial charge on any atom is -0.454 e. The summed E-state index contributed by atoms with van der Waals surface area (Å²) in [6.07, 6.45) is 3.65. The SMILES string of the molecule is C=C[C@@]12CC[C@@](C)(C(=O)O1)C2(C)C. The van der Waals surface area contributed by atoms with E-state index in [1.54, 1.807) is 0 Å². The number of esters is 1. The summed E-state index contributed by atoms with van der Waals surface area (Å²) in [5, 5.41) is 0. The summed E-state index contributed by atoms with van der Waals surface area (Å²) in [5.74, 6) is -0.0522. The van der Waals surface area contributed by atoms with Crippen molar-refractivity contribution in [1.29, 1.82) is 0 Å². The van der Waals surface area contributed by atoms with Gasteiger partial charge in [-0.25, -0.2) is 0 Å². The van der Waals surface area contributed by atoms with Gasteiger partial charge in [-0.1, -0.05) is 20.4 Å². The van der Waals surface area contributed by atoms with E-state index in [0.717, 1.165) is 12.8 Å². The summed E-state index contributed by atoms with van der Waals surface area (Å²) in [6, 6.07) is 0. The molecule has 0 spiro atoms. The Bertz CT molecular complexity index is 292. The molecule has 1 saturated heterocycles. The van der Waals surface area contributed by atoms with Crippen molar-refractivity contribution in [2.75, 3.05) is 0 Å². The van der Waals surface area contributed by atoms with E-state index < -0.39 is 5.60 Å². The molecule has 72 valence electrons. The third kappa shape index (κ3) is 0.651. The van der Waals surface area contributed by atoms with Crippen LogP contribution in [0.3, 0.4) is 0 Å². The van der Waals surface area contributed by atoms with Gasteiger partial charge in [0.15, 0.2) is 0 Å². The van der Waals surface area contributed by atoms with Crippen LogP contribution in [-0.4, -0.2) is 11.6 Å². The van der Waals surface area contributed by atoms with Gasteiger partial charge >= 0.3 is 5.97 Å². The lowest BCUT2D eigenvalue weighted by Gasteiger charge is -2.34. The number of hydrogen-bond acceptors (Lipinski definition) is 2. The molecule has 0 aromatic heterocycles. The molecule has 2 fully saturated rings. The lowest BCUT2D eigenvalue weighted by Crippen LogP contribution is -2.39. The Kier molecular flexibility index (Phi) is 1.35. The lowest BCUT2D eigenvalue weighted by atomic mass is 9.66. The normalized spacial score (nSPS) is 46.2. The number of hydrogen-bond donors (Lipinski definition) is 0. The van der Waals surface area contributed by atoms with E-state index in [1.165, 1.54) is 0 Å². The van der Waals surface area contributed by atoms with Gasteiger partial charge in [0.2, 0.25) is 0 Å². The Balaban J connectivity index is 2.59. The fourth-order valence-corrected chi connectivity index (χ4v) is 2.74. The molecule has 0 N–H and O–H groups in total. The summed E-state index contributed by atoms with van der Waals surface area (Å²) in [4.78, 5) is 11.7. The van der Waals surface area contributed by atoms with Gasteiger partial charge < -0.3 is 4.74 Å². The molecule has 2 bridgehead atoms. The van der Waals surface area contributed by atoms with E-state index in [2.05, 4.69) is 20.4 Å². The average Bonchev–Trinajstić information content (AvgIpc) is 2.34. The van der Waals surface area contributed by atoms with Crippen LogP contribution in [0.15, 0.2) is 12.7 Å². The standard InChI is InChI=1S/C11H16O2/c1-5-11-7-6-10(4,8(12)13-11)9(11,2)3/h5H,1,6-7H2,2-4H3/t10-,11-/m0/s1. The average molecular weight is 180 g/mol. The van der Waals surface area contributed by atoms with Crippen molar-refractivity contribution in [3.8, 4) is 0 Å². The molecule has 2 atom stereocenters. The Morgan fingerprint density at radius 1 is 1.38 bits per heavy atom. The van der Waals surface area contributed by atoms with Gasteiger partial charge in [0.25, 0.3) is 0 Å². The fraction of sp³-hybridized carbons (Fsp3) is 0.727. The predicted molar refractivity (Wildman–Crippen MR) is 50.1 cm³/mol. The molecule has 2 nitrogen and oxygen atoms in total. The van der Waals surface area contributed by atoms with E-state index in [-0.39, 0.29) is 16.8 Å². The third-order valence-electron chi connectivity index (χ3n) is 4.49. The number of fused-ring (bicyclic) bond motifs is 2. The zero-order valence-electron chi connectivity index (χ0n) is 8.52. The van der Waals surface area contributed by atoms with Crippen molar-refractivity contribution >= 4 is 5.97 Å². The molecule has 2 rings (SSSR count). The van der Waals surface area contributed by atoms with Gasteiger partial charge in [-0.15, -0.1) is 0 Å². The van der Waals surface area contributed by atoms with Gasteiger partial charge in [0.1, 0.15) is 5.60 Å². The third-order valence-corrected chi connectivity index (χ3v) is 4.49. The molecule has 0 radical (unpaired) electrons. The van der Waals surface area contributed by atoms with E-state index in [1.807, 2.05) is 13.0 Å². The second-order valence-corrected chi connectivity index (χ2v) is 4.94. The Morgan fingerprint density at radius 3 is 2.23 bits per heavy atom. The molecule has 2 aliphatic rings. The minimum absolute atomic E-state index is 0.0522. The number of carbonyl (C=O) groups excluding carboxylic acids is 1. The molecule has 1 aliphatic heterocycles. The van der Waals surface area contributed by atoms with Crippen molar-refractivity contribution in [3.05, 3.63) is 12.7 Å². The van der Waals surface area contributed by atoms with Crippen LogP contribution in [0.25, 0.3) is 0 Å². The molecule has 1 aliphatic carbocycles. The Morgan fingerprint density at radius 2 is 2.00 bits per heavy atom. The van der Waals surface area contributed by atoms with Crippen LogP contribution in [0.1, 0.15) is 33.6 Å². The van der Waals surface area contributed by atoms with Crippen molar-refractivity contribution in [2.45, 2.75) is 39.2 Å². The quantitative estimate of drug-likeness (QED) is 0.457. The molecule has 0 aromatic rings. The van der Waals surface area contributed by atoms with Crippen LogP contribution in [0.5, 0.6) is 0 Å². The molecule has 0 amide bonds. The first-order valence-corrected chi connectivity index (χ1v) is 4.77. The van der Waals surface area contributed by atoms with Crippen molar-refractivity contribution in [1.82, 2.24) is 0 Å². The zero-order chi connectivity index (χ0) is 9.91. The molecular weight excluding hydrogens is 164 g/mol. The molecule has 0 unspecified atom stereocenters. The molecule has 13 heavy (non-hydrogen) atoms. The maximum atomic E-state index is 11.7. The Hall–Kier alpha value is -0.790. The summed E-state index contributed by atoms with van der Waals surface area (Å²) in [7, 11) is 0. The minimum atomic E-state index is -0.404. The molecular formula is C11H16O2. The van der Waals surface area contributed by atoms with Crippen LogP contribution in [0.2, 0.25) is 0 Å². The van der Waals surface area contributed by atoms with Gasteiger partial charge in [0.05, 0.1) is 5.41 Å². The predicted octanol–water partition coefficient (Wildman–Crippen LogP) is 2.29. The highest BCUT2D eigenvalue weighted by Gasteiger charge is 2.71. The fourth-order valence-electron chi connectivity index (χ4n) is 2.74. The zero-order valence-corrected chi connectivity index (χ0v) is 8.52. The molecule has 2 heteroatoms. The maximum Gasteiger partial charge on any atom is 0.313 e. The van der Waals surface area contributed by atoms with E-state index in [4.69, 9.17) is 4.74 Å². The van der Waals surface area contributed by atoms with Gasteiger partial charge in [-0.2, -0.15) is 0 Å². The highest BCUT2D eigenvalue weighted by molar-refractivity contribution is 5.82. The van der Waals surface area contributed by atoms with Crippen LogP contribution < -0.4 is 0 Å². The van der Waals surface area contributed by atoms with Crippen molar-refractivity contribution in [2.24, 2.45) is 10.8 Å². The smallest absolute Gasteiger partial charge is 0.313 e. The lowest BCUT2D eigenvalue weighted by molar-refractivity contribution is -0.156. The summed E-state index contributed by atoms with van der Waals surface area (Å²) >= 11 is 0. The number of carbonyl (C=O) groups is 1. The van der Waals surface area contributed by atoms with Crippen LogP contribution in [0, 0.1) is 10.8 Å².